The van der Waals surface area contributed by atoms with E-state index in [1.807, 2.05) is 0 Å². The van der Waals surface area contributed by atoms with Crippen molar-refractivity contribution in [3.63, 3.8) is 0 Å². The molecule has 0 saturated carbocycles. The summed E-state index contributed by atoms with van der Waals surface area (Å²) in [5.74, 6) is -0.888. The highest BCUT2D eigenvalue weighted by Crippen LogP contribution is 2.33. The molecular weight excluding hydrogens is 244 g/mol. The number of fused-ring (bicyclic) bond motifs is 3. The van der Waals surface area contributed by atoms with Gasteiger partial charge in [0.25, 0.3) is 5.78 Å². The lowest BCUT2D eigenvalue weighted by molar-refractivity contribution is 0.0693. The van der Waals surface area contributed by atoms with Gasteiger partial charge in [-0.1, -0.05) is 24.3 Å². The van der Waals surface area contributed by atoms with Crippen LogP contribution in [0.4, 0.5) is 0 Å². The minimum absolute atomic E-state index is 0.154. The third kappa shape index (κ3) is 1.62. The van der Waals surface area contributed by atoms with Crippen LogP contribution in [0, 0.1) is 0 Å². The van der Waals surface area contributed by atoms with Crippen LogP contribution < -0.4 is 0 Å². The third-order valence-electron chi connectivity index (χ3n) is 3.14. The molecule has 0 bridgehead atoms. The molecule has 0 amide bonds. The summed E-state index contributed by atoms with van der Waals surface area (Å²) in [6, 6.07) is 6.84. The minimum atomic E-state index is -1.20. The number of hydrogen-bond donors (Lipinski definition) is 2. The molecule has 0 saturated heterocycles. The van der Waals surface area contributed by atoms with Gasteiger partial charge < -0.3 is 10.1 Å². The second-order valence-electron chi connectivity index (χ2n) is 5.07. The molecule has 0 atom stereocenters. The average molecular weight is 256 g/mol. The number of benzene rings is 1. The smallest absolute Gasteiger partial charge is 0.251 e. The van der Waals surface area contributed by atoms with Gasteiger partial charge >= 0.3 is 0 Å². The van der Waals surface area contributed by atoms with Crippen molar-refractivity contribution in [1.82, 2.24) is 9.97 Å². The minimum Gasteiger partial charge on any atom is -0.383 e. The summed E-state index contributed by atoms with van der Waals surface area (Å²) < 4.78 is 0. The summed E-state index contributed by atoms with van der Waals surface area (Å²) in [6.07, 6.45) is 0. The van der Waals surface area contributed by atoms with Gasteiger partial charge in [-0.05, 0) is 13.8 Å². The van der Waals surface area contributed by atoms with Gasteiger partial charge in [0, 0.05) is 11.1 Å². The largest absolute Gasteiger partial charge is 0.383 e. The van der Waals surface area contributed by atoms with Gasteiger partial charge in [0.15, 0.2) is 0 Å². The van der Waals surface area contributed by atoms with Crippen LogP contribution in [0.1, 0.15) is 40.5 Å². The number of nitrogens with one attached hydrogen (secondary N) is 1. The van der Waals surface area contributed by atoms with Crippen molar-refractivity contribution in [2.75, 3.05) is 0 Å². The van der Waals surface area contributed by atoms with Crippen LogP contribution in [0.15, 0.2) is 24.3 Å². The van der Waals surface area contributed by atoms with Gasteiger partial charge in [-0.15, -0.1) is 0 Å². The molecule has 1 aliphatic rings. The maximum atomic E-state index is 12.0. The number of carbonyl (C=O) groups excluding carboxylic acids is 2. The third-order valence-corrected chi connectivity index (χ3v) is 3.14. The summed E-state index contributed by atoms with van der Waals surface area (Å²) in [4.78, 5) is 31.0. The standard InChI is InChI=1S/C14H12N2O3/c1-14(2,19)13-15-9-7-5-3-4-6-8(7)11(17)12(18)10(9)16-13/h3-6,19H,1-2H3,(H,15,16). The first-order chi connectivity index (χ1) is 8.89. The van der Waals surface area contributed by atoms with E-state index in [-0.39, 0.29) is 11.5 Å². The first kappa shape index (κ1) is 11.8. The molecule has 2 N–H and O–H groups in total. The van der Waals surface area contributed by atoms with Crippen molar-refractivity contribution in [2.24, 2.45) is 0 Å². The zero-order valence-electron chi connectivity index (χ0n) is 10.5. The lowest BCUT2D eigenvalue weighted by atomic mass is 9.90. The lowest BCUT2D eigenvalue weighted by Crippen LogP contribution is -2.21. The molecule has 5 nitrogen and oxygen atoms in total. The number of carbonyl (C=O) groups is 2. The highest BCUT2D eigenvalue weighted by Gasteiger charge is 2.35. The molecule has 0 radical (unpaired) electrons. The first-order valence-electron chi connectivity index (χ1n) is 5.91. The van der Waals surface area contributed by atoms with E-state index >= 15 is 0 Å². The number of aliphatic hydroxyl groups is 1. The predicted octanol–water partition coefficient (Wildman–Crippen LogP) is 1.68. The second kappa shape index (κ2) is 3.61. The van der Waals surface area contributed by atoms with Crippen molar-refractivity contribution in [3.8, 4) is 11.3 Å². The van der Waals surface area contributed by atoms with Crippen LogP contribution >= 0.6 is 0 Å². The summed E-state index contributed by atoms with van der Waals surface area (Å²) >= 11 is 0. The number of rotatable bonds is 1. The SMILES string of the molecule is CC(C)(O)c1nc2c([nH]1)C(=O)C(=O)c1ccccc1-2. The summed E-state index contributed by atoms with van der Waals surface area (Å²) in [5.41, 5.74) is 0.357. The normalized spacial score (nSPS) is 14.3. The van der Waals surface area contributed by atoms with Crippen LogP contribution in [-0.2, 0) is 5.60 Å². The Morgan fingerprint density at radius 1 is 1.11 bits per heavy atom. The van der Waals surface area contributed by atoms with Crippen LogP contribution in [0.2, 0.25) is 0 Å². The van der Waals surface area contributed by atoms with E-state index in [4.69, 9.17) is 0 Å². The fraction of sp³-hybridized carbons (Fsp3) is 0.214. The van der Waals surface area contributed by atoms with E-state index in [9.17, 15) is 14.7 Å². The van der Waals surface area contributed by atoms with Crippen LogP contribution in [0.5, 0.6) is 0 Å². The van der Waals surface area contributed by atoms with Gasteiger partial charge in [0.1, 0.15) is 22.8 Å². The number of hydrogen-bond acceptors (Lipinski definition) is 4. The Balaban J connectivity index is 2.30. The summed E-state index contributed by atoms with van der Waals surface area (Å²) in [6.45, 7) is 3.13. The number of imidazole rings is 1. The summed E-state index contributed by atoms with van der Waals surface area (Å²) in [7, 11) is 0. The second-order valence-corrected chi connectivity index (χ2v) is 5.07. The maximum Gasteiger partial charge on any atom is 0.251 e. The molecule has 0 fully saturated rings. The Labute approximate surface area is 109 Å². The van der Waals surface area contributed by atoms with Gasteiger partial charge in [0.2, 0.25) is 5.78 Å². The quantitative estimate of drug-likeness (QED) is 0.760. The van der Waals surface area contributed by atoms with E-state index in [0.717, 1.165) is 0 Å². The van der Waals surface area contributed by atoms with Crippen LogP contribution in [0.3, 0.4) is 0 Å². The van der Waals surface area contributed by atoms with Crippen molar-refractivity contribution in [1.29, 1.82) is 0 Å². The molecule has 1 aromatic heterocycles. The maximum absolute atomic E-state index is 12.0. The number of H-pyrrole nitrogens is 1. The molecule has 3 rings (SSSR count). The molecule has 1 heterocycles. The molecule has 5 heteroatoms. The Morgan fingerprint density at radius 3 is 2.37 bits per heavy atom. The highest BCUT2D eigenvalue weighted by atomic mass is 16.3. The number of aromatic amines is 1. The molecular formula is C14H12N2O3. The van der Waals surface area contributed by atoms with Gasteiger partial charge in [-0.2, -0.15) is 0 Å². The van der Waals surface area contributed by atoms with E-state index in [1.165, 1.54) is 0 Å². The molecule has 0 spiro atoms. The van der Waals surface area contributed by atoms with Gasteiger partial charge in [-0.3, -0.25) is 9.59 Å². The molecule has 96 valence electrons. The monoisotopic (exact) mass is 256 g/mol. The van der Waals surface area contributed by atoms with Crippen LogP contribution in [-0.4, -0.2) is 26.6 Å². The highest BCUT2D eigenvalue weighted by molar-refractivity contribution is 6.52. The van der Waals surface area contributed by atoms with E-state index in [2.05, 4.69) is 9.97 Å². The Hall–Kier alpha value is -2.27. The number of ketones is 2. The number of nitrogens with zero attached hydrogens (tertiary/aromatic N) is 1. The Morgan fingerprint density at radius 2 is 1.74 bits per heavy atom. The van der Waals surface area contributed by atoms with E-state index in [1.54, 1.807) is 38.1 Å². The Kier molecular flexibility index (Phi) is 2.24. The molecule has 19 heavy (non-hydrogen) atoms. The molecule has 1 aliphatic carbocycles. The fourth-order valence-electron chi connectivity index (χ4n) is 2.15. The van der Waals surface area contributed by atoms with Crippen molar-refractivity contribution < 1.29 is 14.7 Å². The molecule has 1 aromatic carbocycles. The van der Waals surface area contributed by atoms with Crippen molar-refractivity contribution in [2.45, 2.75) is 19.4 Å². The molecule has 0 aliphatic heterocycles. The molecule has 0 unspecified atom stereocenters. The summed E-state index contributed by atoms with van der Waals surface area (Å²) in [5, 5.41) is 9.95. The number of aromatic nitrogens is 2. The topological polar surface area (TPSA) is 83.1 Å². The predicted molar refractivity (Wildman–Crippen MR) is 67.9 cm³/mol. The zero-order chi connectivity index (χ0) is 13.8. The van der Waals surface area contributed by atoms with Crippen LogP contribution in [0.25, 0.3) is 11.3 Å². The van der Waals surface area contributed by atoms with Gasteiger partial charge in [0.05, 0.1) is 0 Å². The Bertz CT molecular complexity index is 708. The van der Waals surface area contributed by atoms with Crippen molar-refractivity contribution >= 4 is 11.6 Å². The van der Waals surface area contributed by atoms with E-state index < -0.39 is 17.2 Å². The van der Waals surface area contributed by atoms with Crippen molar-refractivity contribution in [3.05, 3.63) is 41.3 Å². The lowest BCUT2D eigenvalue weighted by Gasteiger charge is -2.12. The van der Waals surface area contributed by atoms with E-state index in [0.29, 0.717) is 16.8 Å². The van der Waals surface area contributed by atoms with Gasteiger partial charge in [-0.25, -0.2) is 4.98 Å². The fourth-order valence-corrected chi connectivity index (χ4v) is 2.15. The average Bonchev–Trinajstić information content (AvgIpc) is 2.81. The first-order valence-corrected chi connectivity index (χ1v) is 5.91. The molecule has 2 aromatic rings. The number of Topliss-reactive ketones (excluding diaryl/α,β-unsaturated/α-hetero) is 2. The zero-order valence-corrected chi connectivity index (χ0v) is 10.5.